The molecular weight excluding hydrogens is 282 g/mol. The van der Waals surface area contributed by atoms with Crippen LogP contribution in [0.2, 0.25) is 5.02 Å². The van der Waals surface area contributed by atoms with Gasteiger partial charge in [0.05, 0.1) is 6.04 Å². The molecule has 2 rings (SSSR count). The van der Waals surface area contributed by atoms with Gasteiger partial charge in [-0.3, -0.25) is 11.3 Å². The Balaban J connectivity index is 2.31. The largest absolute Gasteiger partial charge is 0.271 e. The van der Waals surface area contributed by atoms with E-state index >= 15 is 0 Å². The molecule has 5 heteroatoms. The second-order valence-electron chi connectivity index (χ2n) is 4.63. The maximum Gasteiger partial charge on any atom is 0.127 e. The number of nitrogens with two attached hydrogens (primary N) is 1. The van der Waals surface area contributed by atoms with Crippen molar-refractivity contribution < 1.29 is 8.78 Å². The molecule has 0 amide bonds. The van der Waals surface area contributed by atoms with Gasteiger partial charge in [0.15, 0.2) is 0 Å². The molecule has 0 bridgehead atoms. The summed E-state index contributed by atoms with van der Waals surface area (Å²) < 4.78 is 27.4. The van der Waals surface area contributed by atoms with Crippen LogP contribution >= 0.6 is 11.6 Å². The highest BCUT2D eigenvalue weighted by Crippen LogP contribution is 2.26. The van der Waals surface area contributed by atoms with Crippen LogP contribution in [0.3, 0.4) is 0 Å². The molecule has 0 radical (unpaired) electrons. The molecular formula is C15H15ClF2N2. The van der Waals surface area contributed by atoms with Crippen LogP contribution < -0.4 is 11.3 Å². The molecule has 106 valence electrons. The number of rotatable bonds is 4. The smallest absolute Gasteiger partial charge is 0.127 e. The molecule has 20 heavy (non-hydrogen) atoms. The summed E-state index contributed by atoms with van der Waals surface area (Å²) in [7, 11) is 0. The Morgan fingerprint density at radius 2 is 1.95 bits per heavy atom. The first-order valence-corrected chi connectivity index (χ1v) is 6.55. The van der Waals surface area contributed by atoms with Crippen molar-refractivity contribution in [2.75, 3.05) is 0 Å². The first-order valence-electron chi connectivity index (χ1n) is 6.18. The zero-order valence-electron chi connectivity index (χ0n) is 11.0. The van der Waals surface area contributed by atoms with Gasteiger partial charge in [0.25, 0.3) is 0 Å². The zero-order valence-corrected chi connectivity index (χ0v) is 11.7. The third-order valence-corrected chi connectivity index (χ3v) is 3.62. The molecule has 3 N–H and O–H groups in total. The summed E-state index contributed by atoms with van der Waals surface area (Å²) in [6.07, 6.45) is 0.241. The standard InChI is InChI=1S/C15H15ClF2N2/c1-9-5-6-10(7-14(9)18)15(20-19)8-11-12(16)3-2-4-13(11)17/h2-7,15,20H,8,19H2,1H3. The zero-order chi connectivity index (χ0) is 14.7. The Hall–Kier alpha value is -1.49. The number of aryl methyl sites for hydroxylation is 1. The molecule has 0 fully saturated rings. The van der Waals surface area contributed by atoms with Gasteiger partial charge in [-0.1, -0.05) is 29.8 Å². The minimum absolute atomic E-state index is 0.241. The summed E-state index contributed by atoms with van der Waals surface area (Å²) in [5.74, 6) is 4.79. The summed E-state index contributed by atoms with van der Waals surface area (Å²) in [6.45, 7) is 1.68. The minimum Gasteiger partial charge on any atom is -0.271 e. The maximum atomic E-state index is 13.8. The van der Waals surface area contributed by atoms with Crippen LogP contribution in [-0.4, -0.2) is 0 Å². The molecule has 1 atom stereocenters. The van der Waals surface area contributed by atoms with Gasteiger partial charge in [0.2, 0.25) is 0 Å². The number of halogens is 3. The van der Waals surface area contributed by atoms with Gasteiger partial charge in [-0.25, -0.2) is 8.78 Å². The molecule has 1 unspecified atom stereocenters. The summed E-state index contributed by atoms with van der Waals surface area (Å²) in [5.41, 5.74) is 4.13. The lowest BCUT2D eigenvalue weighted by molar-refractivity contribution is 0.524. The fourth-order valence-corrected chi connectivity index (χ4v) is 2.27. The molecule has 0 saturated carbocycles. The van der Waals surface area contributed by atoms with Crippen LogP contribution in [0.1, 0.15) is 22.7 Å². The maximum absolute atomic E-state index is 13.8. The molecule has 0 aliphatic rings. The van der Waals surface area contributed by atoms with Crippen LogP contribution in [0.5, 0.6) is 0 Å². The van der Waals surface area contributed by atoms with Crippen LogP contribution in [-0.2, 0) is 6.42 Å². The Bertz CT molecular complexity index is 597. The van der Waals surface area contributed by atoms with Crippen molar-refractivity contribution in [1.29, 1.82) is 0 Å². The van der Waals surface area contributed by atoms with Gasteiger partial charge < -0.3 is 0 Å². The fourth-order valence-electron chi connectivity index (χ4n) is 2.03. The number of hydrogen-bond acceptors (Lipinski definition) is 2. The highest BCUT2D eigenvalue weighted by molar-refractivity contribution is 6.31. The van der Waals surface area contributed by atoms with E-state index in [0.717, 1.165) is 0 Å². The Morgan fingerprint density at radius 1 is 1.20 bits per heavy atom. The monoisotopic (exact) mass is 296 g/mol. The Labute approximate surface area is 121 Å². The minimum atomic E-state index is -0.417. The SMILES string of the molecule is Cc1ccc(C(Cc2c(F)cccc2Cl)NN)cc1F. The number of benzene rings is 2. The summed E-state index contributed by atoms with van der Waals surface area (Å²) >= 11 is 5.99. The van der Waals surface area contributed by atoms with Gasteiger partial charge in [0.1, 0.15) is 11.6 Å². The third-order valence-electron chi connectivity index (χ3n) is 3.27. The lowest BCUT2D eigenvalue weighted by atomic mass is 9.98. The van der Waals surface area contributed by atoms with Gasteiger partial charge in [-0.2, -0.15) is 0 Å². The number of hydrogen-bond donors (Lipinski definition) is 2. The van der Waals surface area contributed by atoms with E-state index in [-0.39, 0.29) is 12.2 Å². The topological polar surface area (TPSA) is 38.0 Å². The third kappa shape index (κ3) is 3.15. The molecule has 0 aliphatic heterocycles. The van der Waals surface area contributed by atoms with Gasteiger partial charge in [0, 0.05) is 10.6 Å². The second-order valence-corrected chi connectivity index (χ2v) is 5.04. The van der Waals surface area contributed by atoms with E-state index < -0.39 is 11.9 Å². The van der Waals surface area contributed by atoms with Crippen molar-refractivity contribution in [3.05, 3.63) is 69.7 Å². The van der Waals surface area contributed by atoms with Crippen molar-refractivity contribution in [1.82, 2.24) is 5.43 Å². The Morgan fingerprint density at radius 3 is 2.55 bits per heavy atom. The lowest BCUT2D eigenvalue weighted by Crippen LogP contribution is -2.30. The van der Waals surface area contributed by atoms with Gasteiger partial charge in [-0.05, 0) is 42.7 Å². The van der Waals surface area contributed by atoms with E-state index in [1.54, 1.807) is 25.1 Å². The fraction of sp³-hybridized carbons (Fsp3) is 0.200. The second kappa shape index (κ2) is 6.31. The van der Waals surface area contributed by atoms with E-state index in [0.29, 0.717) is 21.7 Å². The molecule has 0 aliphatic carbocycles. The van der Waals surface area contributed by atoms with Crippen LogP contribution in [0.25, 0.3) is 0 Å². The first kappa shape index (κ1) is 14.9. The van der Waals surface area contributed by atoms with Gasteiger partial charge in [-0.15, -0.1) is 0 Å². The van der Waals surface area contributed by atoms with E-state index in [4.69, 9.17) is 17.4 Å². The first-order chi connectivity index (χ1) is 9.52. The van der Waals surface area contributed by atoms with Crippen molar-refractivity contribution in [2.24, 2.45) is 5.84 Å². The summed E-state index contributed by atoms with van der Waals surface area (Å²) in [4.78, 5) is 0. The molecule has 0 heterocycles. The van der Waals surface area contributed by atoms with E-state index in [1.165, 1.54) is 18.2 Å². The van der Waals surface area contributed by atoms with E-state index in [1.807, 2.05) is 0 Å². The van der Waals surface area contributed by atoms with Crippen molar-refractivity contribution in [2.45, 2.75) is 19.4 Å². The lowest BCUT2D eigenvalue weighted by Gasteiger charge is -2.18. The number of hydrazine groups is 1. The van der Waals surface area contributed by atoms with Crippen LogP contribution in [0.4, 0.5) is 8.78 Å². The van der Waals surface area contributed by atoms with Crippen LogP contribution in [0.15, 0.2) is 36.4 Å². The van der Waals surface area contributed by atoms with Crippen LogP contribution in [0, 0.1) is 18.6 Å². The summed E-state index contributed by atoms with van der Waals surface area (Å²) in [6, 6.07) is 8.90. The average Bonchev–Trinajstić information content (AvgIpc) is 2.42. The van der Waals surface area contributed by atoms with Crippen molar-refractivity contribution in [3.8, 4) is 0 Å². The van der Waals surface area contributed by atoms with Crippen molar-refractivity contribution >= 4 is 11.6 Å². The quantitative estimate of drug-likeness (QED) is 0.667. The Kier molecular flexibility index (Phi) is 4.70. The molecule has 0 spiro atoms. The average molecular weight is 297 g/mol. The van der Waals surface area contributed by atoms with E-state index in [2.05, 4.69) is 5.43 Å². The van der Waals surface area contributed by atoms with E-state index in [9.17, 15) is 8.78 Å². The normalized spacial score (nSPS) is 12.4. The number of nitrogens with one attached hydrogen (secondary N) is 1. The molecule has 2 aromatic rings. The summed E-state index contributed by atoms with van der Waals surface area (Å²) in [5, 5.41) is 0.331. The molecule has 0 saturated heterocycles. The molecule has 0 aromatic heterocycles. The highest BCUT2D eigenvalue weighted by atomic mass is 35.5. The molecule has 2 aromatic carbocycles. The molecule has 2 nitrogen and oxygen atoms in total. The van der Waals surface area contributed by atoms with Gasteiger partial charge >= 0.3 is 0 Å². The highest BCUT2D eigenvalue weighted by Gasteiger charge is 2.16. The predicted molar refractivity (Wildman–Crippen MR) is 76.3 cm³/mol. The predicted octanol–water partition coefficient (Wildman–Crippen LogP) is 3.67. The van der Waals surface area contributed by atoms with Crippen molar-refractivity contribution in [3.63, 3.8) is 0 Å².